The van der Waals surface area contributed by atoms with Crippen LogP contribution in [-0.4, -0.2) is 72.2 Å². The van der Waals surface area contributed by atoms with Crippen molar-refractivity contribution in [1.29, 1.82) is 0 Å². The van der Waals surface area contributed by atoms with Gasteiger partial charge in [0.15, 0.2) is 12.6 Å². The highest BCUT2D eigenvalue weighted by Crippen LogP contribution is 2.61. The lowest BCUT2D eigenvalue weighted by Crippen LogP contribution is -2.39. The number of phenols is 2. The SMILES string of the molecule is CCC(C)c1ccc(O)cc1.CCC(C)c1ccc(O)cc1.CCC(C)c1ccc(OC(C)OC(C)C)cc1.CCC(C)c1ccc(OC(C)OC2CCCCC2)cc1.CCC(C)c1ccc(OC(OC(C)C)C(C)(C)C)cc1.CCC(C)c1ccc(OC(OC2CC3CC2C2CCCC32)C(C)C)cc1.CCC(C)c1ccc(OC(OC2CC3CC2C2CCCC32)C2CCCCC2)cc1. The Bertz CT molecular complexity index is 4230. The lowest BCUT2D eigenvalue weighted by Gasteiger charge is -2.37. The minimum atomic E-state index is -0.239. The number of rotatable bonds is 36. The molecule has 0 heterocycles. The molecule has 746 valence electrons. The van der Waals surface area contributed by atoms with Gasteiger partial charge in [0.25, 0.3) is 0 Å². The van der Waals surface area contributed by atoms with Gasteiger partial charge in [0.05, 0.1) is 30.5 Å². The van der Waals surface area contributed by atoms with Gasteiger partial charge in [-0.3, -0.25) is 0 Å². The van der Waals surface area contributed by atoms with Crippen molar-refractivity contribution in [2.45, 2.75) is 450 Å². The van der Waals surface area contributed by atoms with E-state index >= 15 is 0 Å². The molecule has 0 aromatic heterocycles. The average molecular weight is 1840 g/mol. The Morgan fingerprint density at radius 3 is 0.910 bits per heavy atom. The van der Waals surface area contributed by atoms with Crippen LogP contribution in [0.15, 0.2) is 170 Å². The number of aromatic hydroxyl groups is 2. The minimum absolute atomic E-state index is 0.0473. The first-order valence-corrected chi connectivity index (χ1v) is 53.9. The summed E-state index contributed by atoms with van der Waals surface area (Å²) < 4.78 is 61.3. The van der Waals surface area contributed by atoms with Gasteiger partial charge >= 0.3 is 0 Å². The molecule has 134 heavy (non-hydrogen) atoms. The molecule has 15 rings (SSSR count). The lowest BCUT2D eigenvalue weighted by atomic mass is 9.80. The Kier molecular flexibility index (Phi) is 46.4. The Balaban J connectivity index is 0.000000180. The third kappa shape index (κ3) is 34.8. The Morgan fingerprint density at radius 1 is 0.284 bits per heavy atom. The molecule has 7 aromatic rings. The molecule has 22 unspecified atom stereocenters. The van der Waals surface area contributed by atoms with Crippen LogP contribution in [0.5, 0.6) is 40.2 Å². The third-order valence-electron chi connectivity index (χ3n) is 31.2. The quantitative estimate of drug-likeness (QED) is 0.0362. The third-order valence-corrected chi connectivity index (χ3v) is 31.2. The number of hydrogen-bond donors (Lipinski definition) is 2. The second-order valence-electron chi connectivity index (χ2n) is 43.4. The van der Waals surface area contributed by atoms with Gasteiger partial charge in [-0.05, 0) is 376 Å². The average Bonchev–Trinajstić information content (AvgIpc) is 1.60. The minimum Gasteiger partial charge on any atom is -0.508 e. The molecule has 2 N–H and O–H groups in total. The topological polar surface area (TPSA) is 133 Å². The summed E-state index contributed by atoms with van der Waals surface area (Å²) in [5, 5.41) is 18.0. The number of fused-ring (bicyclic) bond motifs is 10. The highest BCUT2D eigenvalue weighted by molar-refractivity contribution is 5.35. The van der Waals surface area contributed by atoms with Crippen LogP contribution in [0, 0.1) is 64.6 Å². The zero-order chi connectivity index (χ0) is 97.1. The standard InChI is InChI=1S/C27H40O2.C24H36O2.C18H28O2.C18H30O2.C15H24O2.2C10H14O/c1-3-18(2)19-12-14-22(15-13-19)28-27(20-8-5-4-6-9-20)29-26-17-21-16-25(26)24-11-7-10-23(21)24;1-5-16(4)17-9-11-19(12-10-17)25-24(15(2)3)26-23-14-18-13-22(23)21-8-6-7-20(18)21;1-4-14(2)16-10-12-18(13-11-16)20-15(3)19-17-8-6-5-7-9-17;1-8-14(4)15-9-11-16(12-10-15)20-17(18(5,6)7)19-13(2)3;1-6-12(4)14-7-9-15(10-8-14)17-13(5)16-11(2)3;2*1-3-8(2)9-4-6-10(11)7-5-9/h12-15,18,20-21,23-27H,3-11,16-17H2,1-2H3;9-12,15-16,18,20-24H,5-8,13-14H2,1-4H3;10-15,17H,4-9H2,1-3H3;9-14,17H,8H2,1-7H3;7-13H,6H2,1-5H3;2*4-8,11H,3H2,1-2H3. The summed E-state index contributed by atoms with van der Waals surface area (Å²) >= 11 is 0. The fourth-order valence-electron chi connectivity index (χ4n) is 21.6. The van der Waals surface area contributed by atoms with Crippen LogP contribution in [0.2, 0.25) is 0 Å². The predicted molar refractivity (Wildman–Crippen MR) is 558 cm³/mol. The monoisotopic (exact) mass is 1840 g/mol. The molecule has 7 aromatic carbocycles. The van der Waals surface area contributed by atoms with Crippen molar-refractivity contribution in [3.63, 3.8) is 0 Å². The maximum absolute atomic E-state index is 9.01. The van der Waals surface area contributed by atoms with Crippen molar-refractivity contribution in [2.75, 3.05) is 0 Å². The second kappa shape index (κ2) is 56.3. The van der Waals surface area contributed by atoms with Crippen LogP contribution in [0.4, 0.5) is 0 Å². The van der Waals surface area contributed by atoms with Crippen LogP contribution in [0.1, 0.15) is 427 Å². The number of phenolic OH excluding ortho intramolecular Hbond substituents is 2. The molecule has 8 fully saturated rings. The predicted octanol–water partition coefficient (Wildman–Crippen LogP) is 34.5. The van der Waals surface area contributed by atoms with Crippen molar-refractivity contribution in [1.82, 2.24) is 0 Å². The zero-order valence-corrected chi connectivity index (χ0v) is 88.3. The summed E-state index contributed by atoms with van der Waals surface area (Å²) in [5.41, 5.74) is 9.43. The highest BCUT2D eigenvalue weighted by Gasteiger charge is 2.56. The smallest absolute Gasteiger partial charge is 0.204 e. The van der Waals surface area contributed by atoms with Gasteiger partial charge in [-0.25, -0.2) is 0 Å². The molecule has 8 aliphatic rings. The van der Waals surface area contributed by atoms with Gasteiger partial charge in [0.2, 0.25) is 18.9 Å². The Labute approximate surface area is 816 Å². The summed E-state index contributed by atoms with van der Waals surface area (Å²) in [6.07, 6.45) is 36.0. The van der Waals surface area contributed by atoms with E-state index in [0.29, 0.717) is 83.1 Å². The summed E-state index contributed by atoms with van der Waals surface area (Å²) in [6, 6.07) is 57.5. The molecule has 0 amide bonds. The van der Waals surface area contributed by atoms with Gasteiger partial charge in [0.1, 0.15) is 40.2 Å². The molecule has 22 atom stereocenters. The van der Waals surface area contributed by atoms with Crippen molar-refractivity contribution < 1.29 is 57.6 Å². The zero-order valence-electron chi connectivity index (χ0n) is 88.3. The first kappa shape index (κ1) is 111. The second-order valence-corrected chi connectivity index (χ2v) is 43.4. The van der Waals surface area contributed by atoms with E-state index in [1.807, 2.05) is 90.1 Å². The Hall–Kier alpha value is -7.06. The van der Waals surface area contributed by atoms with E-state index in [2.05, 4.69) is 229 Å². The fourth-order valence-corrected chi connectivity index (χ4v) is 21.6. The molecule has 8 saturated carbocycles. The van der Waals surface area contributed by atoms with Crippen molar-refractivity contribution >= 4 is 0 Å². The van der Waals surface area contributed by atoms with Crippen LogP contribution in [0.25, 0.3) is 0 Å². The summed E-state index contributed by atoms with van der Waals surface area (Å²) in [7, 11) is 0. The largest absolute Gasteiger partial charge is 0.508 e. The van der Waals surface area contributed by atoms with Crippen LogP contribution in [0.3, 0.4) is 0 Å². The molecule has 12 heteroatoms. The molecule has 4 bridgehead atoms. The van der Waals surface area contributed by atoms with Crippen molar-refractivity contribution in [3.05, 3.63) is 209 Å². The van der Waals surface area contributed by atoms with Crippen LogP contribution in [-0.2, 0) is 23.7 Å². The van der Waals surface area contributed by atoms with E-state index in [-0.39, 0.29) is 49.1 Å². The molecular formula is C122H186O12. The maximum atomic E-state index is 9.01. The number of ether oxygens (including phenoxy) is 10. The van der Waals surface area contributed by atoms with E-state index < -0.39 is 0 Å². The van der Waals surface area contributed by atoms with Crippen LogP contribution >= 0.6 is 0 Å². The van der Waals surface area contributed by atoms with E-state index in [0.717, 1.165) is 102 Å². The summed E-state index contributed by atoms with van der Waals surface area (Å²) in [6.45, 7) is 54.0. The van der Waals surface area contributed by atoms with Gasteiger partial charge in [-0.1, -0.05) is 268 Å². The first-order valence-electron chi connectivity index (χ1n) is 53.9. The van der Waals surface area contributed by atoms with Gasteiger partial charge < -0.3 is 57.6 Å². The van der Waals surface area contributed by atoms with Gasteiger partial charge in [-0.2, -0.15) is 0 Å². The van der Waals surface area contributed by atoms with Gasteiger partial charge in [0, 0.05) is 17.3 Å². The number of hydrogen-bond acceptors (Lipinski definition) is 12. The molecule has 0 aliphatic heterocycles. The van der Waals surface area contributed by atoms with E-state index in [9.17, 15) is 0 Å². The fraction of sp³-hybridized carbons (Fsp3) is 0.656. The van der Waals surface area contributed by atoms with E-state index in [1.54, 1.807) is 24.3 Å². The normalized spacial score (nSPS) is 23.8. The molecule has 0 saturated heterocycles. The first-order chi connectivity index (χ1) is 64.2. The highest BCUT2D eigenvalue weighted by atomic mass is 16.7. The molecule has 0 radical (unpaired) electrons. The van der Waals surface area contributed by atoms with Gasteiger partial charge in [-0.15, -0.1) is 0 Å². The van der Waals surface area contributed by atoms with E-state index in [1.165, 1.54) is 187 Å². The summed E-state index contributed by atoms with van der Waals surface area (Å²) in [5.74, 6) is 17.9. The lowest BCUT2D eigenvalue weighted by molar-refractivity contribution is -0.173. The maximum Gasteiger partial charge on any atom is 0.204 e. The Morgan fingerprint density at radius 2 is 0.582 bits per heavy atom. The van der Waals surface area contributed by atoms with Crippen LogP contribution < -0.4 is 23.7 Å². The van der Waals surface area contributed by atoms with Crippen molar-refractivity contribution in [2.24, 2.45) is 64.6 Å². The number of benzene rings is 7. The molecular weight excluding hydrogens is 1660 g/mol. The summed E-state index contributed by atoms with van der Waals surface area (Å²) in [4.78, 5) is 0. The molecule has 0 spiro atoms. The van der Waals surface area contributed by atoms with E-state index in [4.69, 9.17) is 57.6 Å². The molecule has 8 aliphatic carbocycles. The van der Waals surface area contributed by atoms with Crippen molar-refractivity contribution in [3.8, 4) is 40.2 Å². The molecule has 12 nitrogen and oxygen atoms in total.